The van der Waals surface area contributed by atoms with Crippen LogP contribution in [0.5, 0.6) is 0 Å². The largest absolute Gasteiger partial charge is 0.185 e. The second-order valence-corrected chi connectivity index (χ2v) is 10.8. The van der Waals surface area contributed by atoms with Gasteiger partial charge in [0.25, 0.3) is 0 Å². The molecule has 0 atom stereocenters. The smallest absolute Gasteiger partial charge is 0.0311 e. The molecule has 1 aliphatic carbocycles. The molecule has 0 saturated heterocycles. The van der Waals surface area contributed by atoms with Crippen molar-refractivity contribution >= 4 is 45.7 Å². The van der Waals surface area contributed by atoms with E-state index in [1.165, 1.54) is 31.4 Å². The van der Waals surface area contributed by atoms with Crippen LogP contribution in [0.3, 0.4) is 0 Å². The van der Waals surface area contributed by atoms with Crippen molar-refractivity contribution in [3.63, 3.8) is 0 Å². The minimum absolute atomic E-state index is 0.434. The fraction of sp³-hybridized carbons (Fsp3) is 0.438. The van der Waals surface area contributed by atoms with E-state index in [0.717, 1.165) is 15.9 Å². The molecule has 0 unspecified atom stereocenters. The van der Waals surface area contributed by atoms with E-state index in [1.807, 2.05) is 28.6 Å². The van der Waals surface area contributed by atoms with Crippen LogP contribution in [-0.4, -0.2) is 16.5 Å². The van der Waals surface area contributed by atoms with Crippen LogP contribution < -0.4 is 0 Å². The number of hydrogen-bond donors (Lipinski definition) is 0. The quantitative estimate of drug-likeness (QED) is 0.298. The molecule has 2 aromatic rings. The zero-order valence-electron chi connectivity index (χ0n) is 13.4. The molecule has 1 aliphatic rings. The third kappa shape index (κ3) is 6.46. The van der Waals surface area contributed by atoms with Gasteiger partial charge in [0.15, 0.2) is 0 Å². The minimum atomic E-state index is -4.29. The van der Waals surface area contributed by atoms with Crippen LogP contribution in [-0.2, 0) is 39.1 Å². The van der Waals surface area contributed by atoms with Crippen molar-refractivity contribution in [1.82, 2.24) is 10.5 Å². The van der Waals surface area contributed by atoms with E-state index in [2.05, 4.69) is 66.4 Å². The molecule has 0 amide bonds. The first-order valence-corrected chi connectivity index (χ1v) is 10.7. The molecule has 1 heterocycles. The van der Waals surface area contributed by atoms with E-state index in [-0.39, 0.29) is 0 Å². The molecule has 0 spiro atoms. The first-order valence-electron chi connectivity index (χ1n) is 7.62. The molecule has 25 heavy (non-hydrogen) atoms. The maximum absolute atomic E-state index is 12.6. The zero-order valence-corrected chi connectivity index (χ0v) is 20.0. The molecule has 0 radical (unpaired) electrons. The Labute approximate surface area is 184 Å². The summed E-state index contributed by atoms with van der Waals surface area (Å²) in [4.78, 5) is 0. The van der Waals surface area contributed by atoms with E-state index in [0.29, 0.717) is 12.1 Å². The molecular weight excluding hydrogens is 740 g/mol. The van der Waals surface area contributed by atoms with Gasteiger partial charge in [-0.25, -0.2) is 0 Å². The minimum Gasteiger partial charge on any atom is -0.185 e. The van der Waals surface area contributed by atoms with Crippen LogP contribution in [0.4, 0.5) is 13.2 Å². The fourth-order valence-electron chi connectivity index (χ4n) is 2.23. The molecule has 9 heteroatoms. The van der Waals surface area contributed by atoms with Crippen LogP contribution in [0, 0.1) is 3.80 Å². The Morgan fingerprint density at radius 2 is 1.92 bits per heavy atom. The van der Waals surface area contributed by atoms with Gasteiger partial charge >= 0.3 is 113 Å². The number of aryl methyl sites for hydroxylation is 1. The van der Waals surface area contributed by atoms with Gasteiger partial charge in [-0.3, -0.25) is 0 Å². The summed E-state index contributed by atoms with van der Waals surface area (Å²) in [6, 6.07) is 6.31. The number of alkyl halides is 3. The zero-order chi connectivity index (χ0) is 18.6. The van der Waals surface area contributed by atoms with Crippen molar-refractivity contribution in [1.29, 1.82) is 0 Å². The molecule has 1 fully saturated rings. The van der Waals surface area contributed by atoms with Gasteiger partial charge < -0.3 is 0 Å². The van der Waals surface area contributed by atoms with Gasteiger partial charge in [-0.05, 0) is 12.8 Å². The molecule has 1 aromatic heterocycles. The van der Waals surface area contributed by atoms with E-state index < -0.39 is 11.7 Å². The summed E-state index contributed by atoms with van der Waals surface area (Å²) in [5, 5.41) is 0. The summed E-state index contributed by atoms with van der Waals surface area (Å²) in [6.45, 7) is 0.434. The normalized spacial score (nSPS) is 14.9. The number of aromatic nitrogens is 2. The Morgan fingerprint density at radius 1 is 1.24 bits per heavy atom. The van der Waals surface area contributed by atoms with Crippen molar-refractivity contribution in [2.75, 3.05) is 0 Å². The molecule has 142 valence electrons. The molecule has 3 nitrogen and oxygen atoms in total. The number of halogens is 5. The van der Waals surface area contributed by atoms with Crippen LogP contribution in [0.15, 0.2) is 36.7 Å². The summed E-state index contributed by atoms with van der Waals surface area (Å²) in [5.74, 6) is 0. The Balaban J connectivity index is 0.000000269. The Morgan fingerprint density at radius 3 is 2.32 bits per heavy atom. The van der Waals surface area contributed by atoms with Gasteiger partial charge in [0.2, 0.25) is 0 Å². The second kappa shape index (κ2) is 9.50. The van der Waals surface area contributed by atoms with Crippen molar-refractivity contribution < 1.29 is 32.5 Å². The van der Waals surface area contributed by atoms with Gasteiger partial charge in [-0.15, -0.1) is 0 Å². The summed E-state index contributed by atoms with van der Waals surface area (Å²) in [5.41, 5.74) is 0.0334. The first-order chi connectivity index (χ1) is 11.7. The molecule has 1 saturated carbocycles. The van der Waals surface area contributed by atoms with Gasteiger partial charge in [-0.2, -0.15) is 1.33 Å². The monoisotopic (exact) mass is 758 g/mol. The topological polar surface area (TPSA) is 13.1 Å². The van der Waals surface area contributed by atoms with Crippen LogP contribution in [0.1, 0.15) is 30.4 Å². The predicted molar refractivity (Wildman–Crippen MR) is 105 cm³/mol. The van der Waals surface area contributed by atoms with E-state index in [9.17, 15) is 13.2 Å². The Kier molecular flexibility index (Phi) is 8.22. The van der Waals surface area contributed by atoms with E-state index >= 15 is 0 Å². The number of benzene rings is 1. The third-order valence-electron chi connectivity index (χ3n) is 3.92. The van der Waals surface area contributed by atoms with E-state index in [1.54, 1.807) is 6.07 Å². The molecule has 0 bridgehead atoms. The SMILES string of the molecule is Cn1ccn(Cc2cccc(C(F)(F)F)c2)[c]1=[Pt].IN(I)C1CCC1. The number of hydrogen-bond acceptors (Lipinski definition) is 1. The van der Waals surface area contributed by atoms with Gasteiger partial charge in [-0.1, -0.05) is 6.42 Å². The van der Waals surface area contributed by atoms with Crippen LogP contribution in [0.25, 0.3) is 0 Å². The van der Waals surface area contributed by atoms with Crippen molar-refractivity contribution in [3.8, 4) is 0 Å². The molecular formula is C16H18F3I2N3Pt. The third-order valence-corrected chi connectivity index (χ3v) is 6.95. The van der Waals surface area contributed by atoms with Crippen LogP contribution >= 0.6 is 45.7 Å². The van der Waals surface area contributed by atoms with Crippen molar-refractivity contribution in [2.45, 2.75) is 38.0 Å². The summed E-state index contributed by atoms with van der Waals surface area (Å²) < 4.78 is 44.8. The maximum Gasteiger partial charge on any atom is 0.0311 e. The van der Waals surface area contributed by atoms with Crippen molar-refractivity contribution in [3.05, 3.63) is 51.6 Å². The Hall–Kier alpha value is 0.328. The van der Waals surface area contributed by atoms with Crippen molar-refractivity contribution in [2.24, 2.45) is 7.05 Å². The number of imidazole rings is 1. The summed E-state index contributed by atoms with van der Waals surface area (Å²) in [6.07, 6.45) is 3.69. The standard InChI is InChI=1S/C12H11F3N2.C4H7I2N.Pt/c1-16-5-6-17(9-16)8-10-3-2-4-11(7-10)12(13,14)15;5-7(6)4-2-1-3-4;/h2-7H,8H2,1H3;4H,1-3H2;. The summed E-state index contributed by atoms with van der Waals surface area (Å²) >= 11 is 6.82. The first kappa shape index (κ1) is 21.6. The van der Waals surface area contributed by atoms with Crippen LogP contribution in [0.2, 0.25) is 0 Å². The van der Waals surface area contributed by atoms with E-state index in [4.69, 9.17) is 0 Å². The van der Waals surface area contributed by atoms with Gasteiger partial charge in [0.05, 0.1) is 0 Å². The molecule has 1 aromatic carbocycles. The number of nitrogens with zero attached hydrogens (tertiary/aromatic N) is 3. The number of rotatable bonds is 3. The van der Waals surface area contributed by atoms with Gasteiger partial charge in [0, 0.05) is 51.8 Å². The Bertz CT molecular complexity index is 752. The molecule has 3 rings (SSSR count). The average Bonchev–Trinajstić information content (AvgIpc) is 2.77. The average molecular weight is 758 g/mol. The second-order valence-electron chi connectivity index (χ2n) is 5.82. The maximum atomic E-state index is 12.6. The predicted octanol–water partition coefficient (Wildman–Crippen LogP) is 5.51. The fourth-order valence-corrected chi connectivity index (χ4v) is 3.87. The molecule has 0 aliphatic heterocycles. The molecule has 0 N–H and O–H groups in total. The van der Waals surface area contributed by atoms with Gasteiger partial charge in [0.1, 0.15) is 0 Å². The summed E-state index contributed by atoms with van der Waals surface area (Å²) in [7, 11) is 1.89.